The summed E-state index contributed by atoms with van der Waals surface area (Å²) in [5.41, 5.74) is 1.14. The van der Waals surface area contributed by atoms with E-state index in [1.807, 2.05) is 37.3 Å². The lowest BCUT2D eigenvalue weighted by molar-refractivity contribution is 0.765. The second kappa shape index (κ2) is 10.5. The van der Waals surface area contributed by atoms with Crippen LogP contribution < -0.4 is 10.6 Å². The summed E-state index contributed by atoms with van der Waals surface area (Å²) in [6.45, 7) is 1.59. The molecule has 0 radical (unpaired) electrons. The van der Waals surface area contributed by atoms with E-state index in [-0.39, 0.29) is 24.0 Å². The SMILES string of the molecule is CN=C(NCCSc1ccccc1)NCc1cnn(C)c1.I. The number of nitrogens with one attached hydrogen (secondary N) is 2. The van der Waals surface area contributed by atoms with E-state index in [9.17, 15) is 0 Å². The predicted octanol–water partition coefficient (Wildman–Crippen LogP) is 2.50. The van der Waals surface area contributed by atoms with E-state index in [2.05, 4.69) is 45.0 Å². The molecule has 0 aliphatic rings. The van der Waals surface area contributed by atoms with E-state index in [1.165, 1.54) is 4.90 Å². The number of halogens is 1. The number of guanidine groups is 1. The molecule has 0 fully saturated rings. The van der Waals surface area contributed by atoms with Gasteiger partial charge in [0, 0.05) is 49.6 Å². The van der Waals surface area contributed by atoms with Crippen LogP contribution in [0.3, 0.4) is 0 Å². The van der Waals surface area contributed by atoms with Gasteiger partial charge in [0.2, 0.25) is 0 Å². The van der Waals surface area contributed by atoms with Crippen molar-refractivity contribution in [2.24, 2.45) is 12.0 Å². The van der Waals surface area contributed by atoms with Gasteiger partial charge in [-0.15, -0.1) is 35.7 Å². The molecule has 0 aliphatic carbocycles. The summed E-state index contributed by atoms with van der Waals surface area (Å²) in [5.74, 6) is 1.81. The minimum absolute atomic E-state index is 0. The molecule has 7 heteroatoms. The maximum absolute atomic E-state index is 4.21. The Balaban J connectivity index is 0.00000242. The quantitative estimate of drug-likeness (QED) is 0.243. The molecule has 2 aromatic rings. The van der Waals surface area contributed by atoms with Crippen molar-refractivity contribution in [3.63, 3.8) is 0 Å². The highest BCUT2D eigenvalue weighted by Gasteiger charge is 2.00. The van der Waals surface area contributed by atoms with Gasteiger partial charge in [0.25, 0.3) is 0 Å². The van der Waals surface area contributed by atoms with Crippen molar-refractivity contribution >= 4 is 41.7 Å². The Morgan fingerprint density at radius 3 is 2.68 bits per heavy atom. The van der Waals surface area contributed by atoms with Crippen LogP contribution in [0.4, 0.5) is 0 Å². The van der Waals surface area contributed by atoms with Gasteiger partial charge in [-0.3, -0.25) is 9.67 Å². The van der Waals surface area contributed by atoms with Crippen molar-refractivity contribution in [3.05, 3.63) is 48.3 Å². The van der Waals surface area contributed by atoms with Crippen molar-refractivity contribution in [1.82, 2.24) is 20.4 Å². The molecule has 0 saturated carbocycles. The normalized spacial score (nSPS) is 10.9. The number of hydrogen-bond donors (Lipinski definition) is 2. The highest BCUT2D eigenvalue weighted by molar-refractivity contribution is 14.0. The maximum Gasteiger partial charge on any atom is 0.191 e. The van der Waals surface area contributed by atoms with Crippen LogP contribution in [0.5, 0.6) is 0 Å². The maximum atomic E-state index is 4.21. The standard InChI is InChI=1S/C15H21N5S.HI/c1-16-15(18-10-13-11-19-20(2)12-13)17-8-9-21-14-6-4-3-5-7-14;/h3-7,11-12H,8-10H2,1-2H3,(H2,16,17,18);1H. The van der Waals surface area contributed by atoms with Gasteiger partial charge in [-0.05, 0) is 12.1 Å². The molecule has 0 amide bonds. The molecule has 22 heavy (non-hydrogen) atoms. The second-order valence-corrected chi connectivity index (χ2v) is 5.70. The molecule has 0 aliphatic heterocycles. The number of hydrogen-bond acceptors (Lipinski definition) is 3. The zero-order valence-corrected chi connectivity index (χ0v) is 16.0. The molecule has 5 nitrogen and oxygen atoms in total. The Morgan fingerprint density at radius 1 is 1.27 bits per heavy atom. The summed E-state index contributed by atoms with van der Waals surface area (Å²) in [5, 5.41) is 10.7. The van der Waals surface area contributed by atoms with Crippen molar-refractivity contribution in [2.75, 3.05) is 19.3 Å². The number of benzene rings is 1. The average molecular weight is 431 g/mol. The van der Waals surface area contributed by atoms with Gasteiger partial charge in [-0.1, -0.05) is 18.2 Å². The van der Waals surface area contributed by atoms with Crippen LogP contribution in [0.15, 0.2) is 52.6 Å². The second-order valence-electron chi connectivity index (χ2n) is 4.54. The van der Waals surface area contributed by atoms with Crippen molar-refractivity contribution < 1.29 is 0 Å². The van der Waals surface area contributed by atoms with Crippen molar-refractivity contribution in [1.29, 1.82) is 0 Å². The summed E-state index contributed by atoms with van der Waals surface area (Å²) in [4.78, 5) is 5.50. The lowest BCUT2D eigenvalue weighted by Crippen LogP contribution is -2.37. The Labute approximate surface area is 153 Å². The lowest BCUT2D eigenvalue weighted by Gasteiger charge is -2.10. The molecular weight excluding hydrogens is 409 g/mol. The molecule has 2 rings (SSSR count). The molecule has 1 heterocycles. The molecule has 0 bridgehead atoms. The van der Waals surface area contributed by atoms with Gasteiger partial charge in [0.1, 0.15) is 0 Å². The topological polar surface area (TPSA) is 54.2 Å². The number of nitrogens with zero attached hydrogens (tertiary/aromatic N) is 3. The van der Waals surface area contributed by atoms with Gasteiger partial charge in [-0.25, -0.2) is 0 Å². The van der Waals surface area contributed by atoms with Crippen LogP contribution in [0.25, 0.3) is 0 Å². The van der Waals surface area contributed by atoms with Crippen LogP contribution in [0.2, 0.25) is 0 Å². The highest BCUT2D eigenvalue weighted by Crippen LogP contribution is 2.15. The third-order valence-corrected chi connectivity index (χ3v) is 3.86. The van der Waals surface area contributed by atoms with Gasteiger partial charge in [0.05, 0.1) is 6.20 Å². The monoisotopic (exact) mass is 431 g/mol. The fourth-order valence-corrected chi connectivity index (χ4v) is 2.61. The summed E-state index contributed by atoms with van der Waals surface area (Å²) < 4.78 is 1.80. The molecule has 1 aromatic carbocycles. The van der Waals surface area contributed by atoms with Crippen molar-refractivity contribution in [3.8, 4) is 0 Å². The molecule has 0 unspecified atom stereocenters. The minimum Gasteiger partial charge on any atom is -0.356 e. The van der Waals surface area contributed by atoms with Gasteiger partial charge >= 0.3 is 0 Å². The predicted molar refractivity (Wildman–Crippen MR) is 104 cm³/mol. The van der Waals surface area contributed by atoms with Gasteiger partial charge in [-0.2, -0.15) is 5.10 Å². The Morgan fingerprint density at radius 2 is 2.05 bits per heavy atom. The number of aromatic nitrogens is 2. The highest BCUT2D eigenvalue weighted by atomic mass is 127. The summed E-state index contributed by atoms with van der Waals surface area (Å²) in [6, 6.07) is 10.4. The third-order valence-electron chi connectivity index (χ3n) is 2.85. The zero-order chi connectivity index (χ0) is 14.9. The zero-order valence-electron chi connectivity index (χ0n) is 12.8. The molecule has 0 spiro atoms. The molecule has 0 saturated heterocycles. The van der Waals surface area contributed by atoms with Crippen molar-refractivity contribution in [2.45, 2.75) is 11.4 Å². The van der Waals surface area contributed by atoms with Gasteiger partial charge in [0.15, 0.2) is 5.96 Å². The lowest BCUT2D eigenvalue weighted by atomic mass is 10.4. The van der Waals surface area contributed by atoms with Crippen LogP contribution >= 0.6 is 35.7 Å². The molecular formula is C15H22IN5S. The fraction of sp³-hybridized carbons (Fsp3) is 0.333. The Bertz CT molecular complexity index is 570. The van der Waals surface area contributed by atoms with E-state index in [1.54, 1.807) is 11.7 Å². The summed E-state index contributed by atoms with van der Waals surface area (Å²) >= 11 is 1.83. The fourth-order valence-electron chi connectivity index (χ4n) is 1.82. The largest absolute Gasteiger partial charge is 0.356 e. The first-order chi connectivity index (χ1) is 10.3. The van der Waals surface area contributed by atoms with E-state index < -0.39 is 0 Å². The van der Waals surface area contributed by atoms with Gasteiger partial charge < -0.3 is 10.6 Å². The number of rotatable bonds is 6. The minimum atomic E-state index is 0. The number of thioether (sulfide) groups is 1. The number of aliphatic imine (C=N–C) groups is 1. The average Bonchev–Trinajstić information content (AvgIpc) is 2.93. The van der Waals surface area contributed by atoms with E-state index in [4.69, 9.17) is 0 Å². The van der Waals surface area contributed by atoms with E-state index >= 15 is 0 Å². The molecule has 0 atom stereocenters. The van der Waals surface area contributed by atoms with Crippen LogP contribution in [-0.2, 0) is 13.6 Å². The molecule has 120 valence electrons. The molecule has 2 N–H and O–H groups in total. The first-order valence-corrected chi connectivity index (χ1v) is 7.86. The summed E-state index contributed by atoms with van der Waals surface area (Å²) in [7, 11) is 3.69. The van der Waals surface area contributed by atoms with Crippen LogP contribution in [0, 0.1) is 0 Å². The Hall–Kier alpha value is -1.22. The van der Waals surface area contributed by atoms with Crippen LogP contribution in [0.1, 0.15) is 5.56 Å². The summed E-state index contributed by atoms with van der Waals surface area (Å²) in [6.07, 6.45) is 3.84. The smallest absolute Gasteiger partial charge is 0.191 e. The number of aryl methyl sites for hydroxylation is 1. The molecule has 1 aromatic heterocycles. The van der Waals surface area contributed by atoms with E-state index in [0.717, 1.165) is 30.4 Å². The Kier molecular flexibility index (Phi) is 8.98. The third kappa shape index (κ3) is 6.69. The first kappa shape index (κ1) is 18.8. The first-order valence-electron chi connectivity index (χ1n) is 6.88. The van der Waals surface area contributed by atoms with E-state index in [0.29, 0.717) is 0 Å². The van der Waals surface area contributed by atoms with Crippen LogP contribution in [-0.4, -0.2) is 35.1 Å².